The van der Waals surface area contributed by atoms with Crippen LogP contribution in [0.25, 0.3) is 11.0 Å². The Bertz CT molecular complexity index is 1020. The van der Waals surface area contributed by atoms with E-state index in [4.69, 9.17) is 4.74 Å². The van der Waals surface area contributed by atoms with Gasteiger partial charge in [0, 0.05) is 0 Å². The van der Waals surface area contributed by atoms with Gasteiger partial charge in [0.15, 0.2) is 0 Å². The minimum Gasteiger partial charge on any atom is -0.494 e. The van der Waals surface area contributed by atoms with E-state index in [2.05, 4.69) is 4.98 Å². The number of imidazole rings is 1. The fourth-order valence-electron chi connectivity index (χ4n) is 2.65. The van der Waals surface area contributed by atoms with E-state index in [0.717, 1.165) is 16.7 Å². The molecule has 0 fully saturated rings. The first-order valence-corrected chi connectivity index (χ1v) is 9.22. The molecule has 0 unspecified atom stereocenters. The van der Waals surface area contributed by atoms with Crippen molar-refractivity contribution in [1.82, 2.24) is 8.96 Å². The number of nitrogens with zero attached hydrogens (tertiary/aromatic N) is 2. The van der Waals surface area contributed by atoms with Crippen molar-refractivity contribution in [2.45, 2.75) is 32.6 Å². The summed E-state index contributed by atoms with van der Waals surface area (Å²) in [6, 6.07) is 8.66. The fraction of sp³-hybridized carbons (Fsp3) is 0.278. The molecule has 0 saturated carbocycles. The molecule has 1 heterocycles. The van der Waals surface area contributed by atoms with Crippen LogP contribution in [-0.4, -0.2) is 24.0 Å². The fourth-order valence-corrected chi connectivity index (χ4v) is 4.02. The number of benzene rings is 2. The molecule has 0 aliphatic heterocycles. The van der Waals surface area contributed by atoms with Gasteiger partial charge in [0.05, 0.1) is 22.5 Å². The number of hydrogen-bond acceptors (Lipinski definition) is 4. The molecule has 0 amide bonds. The number of rotatable bonds is 4. The van der Waals surface area contributed by atoms with E-state index < -0.39 is 10.0 Å². The number of aryl methyl sites for hydroxylation is 3. The summed E-state index contributed by atoms with van der Waals surface area (Å²) in [7, 11) is -3.71. The van der Waals surface area contributed by atoms with E-state index >= 15 is 0 Å². The van der Waals surface area contributed by atoms with Crippen LogP contribution in [0.15, 0.2) is 41.6 Å². The zero-order valence-corrected chi connectivity index (χ0v) is 15.0. The molecule has 3 aromatic rings. The monoisotopic (exact) mass is 344 g/mol. The first kappa shape index (κ1) is 16.5. The molecular weight excluding hydrogens is 324 g/mol. The van der Waals surface area contributed by atoms with Crippen LogP contribution in [0.2, 0.25) is 0 Å². The number of aromatic nitrogens is 2. The van der Waals surface area contributed by atoms with Gasteiger partial charge >= 0.3 is 0 Å². The molecule has 0 aliphatic carbocycles. The van der Waals surface area contributed by atoms with Crippen molar-refractivity contribution in [3.63, 3.8) is 0 Å². The van der Waals surface area contributed by atoms with Crippen LogP contribution < -0.4 is 4.74 Å². The summed E-state index contributed by atoms with van der Waals surface area (Å²) >= 11 is 0. The lowest BCUT2D eigenvalue weighted by Gasteiger charge is -2.11. The maximum absolute atomic E-state index is 13.0. The Morgan fingerprint density at radius 3 is 2.42 bits per heavy atom. The van der Waals surface area contributed by atoms with Crippen molar-refractivity contribution in [2.75, 3.05) is 6.61 Å². The Hall–Kier alpha value is -2.34. The Kier molecular flexibility index (Phi) is 4.09. The summed E-state index contributed by atoms with van der Waals surface area (Å²) in [6.07, 6.45) is 1.37. The molecule has 0 bridgehead atoms. The average molecular weight is 344 g/mol. The van der Waals surface area contributed by atoms with Crippen molar-refractivity contribution in [2.24, 2.45) is 0 Å². The minimum absolute atomic E-state index is 0.223. The standard InChI is InChI=1S/C18H20N2O3S/c1-5-23-18-7-6-15(8-14(18)4)24(21,22)20-11-19-16-9-12(2)13(3)10-17(16)20/h6-11H,5H2,1-4H3. The van der Waals surface area contributed by atoms with Crippen molar-refractivity contribution >= 4 is 21.1 Å². The van der Waals surface area contributed by atoms with Crippen LogP contribution in [0.5, 0.6) is 5.75 Å². The number of hydrogen-bond donors (Lipinski definition) is 0. The Labute approximate surface area is 142 Å². The van der Waals surface area contributed by atoms with E-state index in [1.165, 1.54) is 10.3 Å². The van der Waals surface area contributed by atoms with Crippen LogP contribution >= 0.6 is 0 Å². The highest BCUT2D eigenvalue weighted by Gasteiger charge is 2.21. The Balaban J connectivity index is 2.15. The van der Waals surface area contributed by atoms with Crippen LogP contribution in [0.1, 0.15) is 23.6 Å². The largest absolute Gasteiger partial charge is 0.494 e. The van der Waals surface area contributed by atoms with E-state index in [9.17, 15) is 8.42 Å². The molecule has 0 radical (unpaired) electrons. The van der Waals surface area contributed by atoms with Gasteiger partial charge in [-0.3, -0.25) is 0 Å². The summed E-state index contributed by atoms with van der Waals surface area (Å²) in [5, 5.41) is 0. The summed E-state index contributed by atoms with van der Waals surface area (Å²) in [4.78, 5) is 4.46. The molecule has 2 aromatic carbocycles. The lowest BCUT2D eigenvalue weighted by Crippen LogP contribution is -2.12. The third kappa shape index (κ3) is 2.67. The van der Waals surface area contributed by atoms with Crippen LogP contribution in [-0.2, 0) is 10.0 Å². The second kappa shape index (κ2) is 5.94. The molecule has 0 aliphatic rings. The predicted octanol–water partition coefficient (Wildman–Crippen LogP) is 3.60. The van der Waals surface area contributed by atoms with E-state index in [0.29, 0.717) is 23.4 Å². The summed E-state index contributed by atoms with van der Waals surface area (Å²) < 4.78 is 32.7. The molecule has 3 rings (SSSR count). The van der Waals surface area contributed by atoms with Crippen molar-refractivity contribution in [3.05, 3.63) is 53.3 Å². The van der Waals surface area contributed by atoms with Crippen molar-refractivity contribution < 1.29 is 13.2 Å². The molecule has 0 spiro atoms. The average Bonchev–Trinajstić information content (AvgIpc) is 2.93. The lowest BCUT2D eigenvalue weighted by molar-refractivity contribution is 0.337. The number of fused-ring (bicyclic) bond motifs is 1. The SMILES string of the molecule is CCOc1ccc(S(=O)(=O)n2cnc3cc(C)c(C)cc32)cc1C. The van der Waals surface area contributed by atoms with Gasteiger partial charge in [0.2, 0.25) is 0 Å². The van der Waals surface area contributed by atoms with Crippen molar-refractivity contribution in [3.8, 4) is 5.75 Å². The maximum atomic E-state index is 13.0. The highest BCUT2D eigenvalue weighted by Crippen LogP contribution is 2.26. The van der Waals surface area contributed by atoms with Crippen LogP contribution in [0.4, 0.5) is 0 Å². The second-order valence-electron chi connectivity index (χ2n) is 5.83. The molecular formula is C18H20N2O3S. The van der Waals surface area contributed by atoms with Gasteiger partial charge in [-0.2, -0.15) is 0 Å². The highest BCUT2D eigenvalue weighted by molar-refractivity contribution is 7.90. The quantitative estimate of drug-likeness (QED) is 0.725. The normalized spacial score (nSPS) is 11.8. The molecule has 0 atom stereocenters. The van der Waals surface area contributed by atoms with Crippen LogP contribution in [0.3, 0.4) is 0 Å². The van der Waals surface area contributed by atoms with E-state index in [1.54, 1.807) is 18.2 Å². The van der Waals surface area contributed by atoms with Crippen molar-refractivity contribution in [1.29, 1.82) is 0 Å². The van der Waals surface area contributed by atoms with Gasteiger partial charge in [0.25, 0.3) is 10.0 Å². The third-order valence-electron chi connectivity index (χ3n) is 4.13. The lowest BCUT2D eigenvalue weighted by atomic mass is 10.1. The first-order valence-electron chi connectivity index (χ1n) is 7.78. The minimum atomic E-state index is -3.71. The Morgan fingerprint density at radius 2 is 1.75 bits per heavy atom. The van der Waals surface area contributed by atoms with Gasteiger partial charge in [-0.15, -0.1) is 0 Å². The summed E-state index contributed by atoms with van der Waals surface area (Å²) in [5.74, 6) is 0.693. The molecule has 24 heavy (non-hydrogen) atoms. The number of ether oxygens (including phenoxy) is 1. The Morgan fingerprint density at radius 1 is 1.04 bits per heavy atom. The third-order valence-corrected chi connectivity index (χ3v) is 5.79. The zero-order valence-electron chi connectivity index (χ0n) is 14.2. The van der Waals surface area contributed by atoms with E-state index in [1.807, 2.05) is 39.8 Å². The molecule has 5 nitrogen and oxygen atoms in total. The topological polar surface area (TPSA) is 61.2 Å². The highest BCUT2D eigenvalue weighted by atomic mass is 32.2. The molecule has 126 valence electrons. The molecule has 0 N–H and O–H groups in total. The summed E-state index contributed by atoms with van der Waals surface area (Å²) in [5.41, 5.74) is 4.16. The van der Waals surface area contributed by atoms with E-state index in [-0.39, 0.29) is 4.90 Å². The van der Waals surface area contributed by atoms with Gasteiger partial charge in [-0.25, -0.2) is 17.4 Å². The van der Waals surface area contributed by atoms with Gasteiger partial charge in [-0.1, -0.05) is 0 Å². The summed E-state index contributed by atoms with van der Waals surface area (Å²) in [6.45, 7) is 8.21. The first-order chi connectivity index (χ1) is 11.3. The van der Waals surface area contributed by atoms with Gasteiger partial charge < -0.3 is 4.74 Å². The molecule has 1 aromatic heterocycles. The maximum Gasteiger partial charge on any atom is 0.269 e. The second-order valence-corrected chi connectivity index (χ2v) is 7.65. The van der Waals surface area contributed by atoms with Gasteiger partial charge in [0.1, 0.15) is 12.1 Å². The molecule has 0 saturated heterocycles. The molecule has 6 heteroatoms. The zero-order chi connectivity index (χ0) is 17.5. The smallest absolute Gasteiger partial charge is 0.269 e. The van der Waals surface area contributed by atoms with Gasteiger partial charge in [-0.05, 0) is 74.7 Å². The van der Waals surface area contributed by atoms with Crippen LogP contribution in [0, 0.1) is 20.8 Å². The predicted molar refractivity (Wildman–Crippen MR) is 94.1 cm³/mol.